The van der Waals surface area contributed by atoms with E-state index in [9.17, 15) is 33.9 Å². The summed E-state index contributed by atoms with van der Waals surface area (Å²) in [5, 5.41) is 34.5. The van der Waals surface area contributed by atoms with Crippen LogP contribution in [0.5, 0.6) is 0 Å². The molecule has 13 heteroatoms. The molecule has 4 unspecified atom stereocenters. The predicted molar refractivity (Wildman–Crippen MR) is 130 cm³/mol. The van der Waals surface area contributed by atoms with E-state index in [1.54, 1.807) is 44.2 Å². The summed E-state index contributed by atoms with van der Waals surface area (Å²) in [5.41, 5.74) is 6.35. The van der Waals surface area contributed by atoms with Crippen molar-refractivity contribution in [3.63, 3.8) is 0 Å². The summed E-state index contributed by atoms with van der Waals surface area (Å²) in [6.45, 7) is 3.23. The minimum absolute atomic E-state index is 0.00615. The van der Waals surface area contributed by atoms with Crippen LogP contribution in [0.2, 0.25) is 0 Å². The summed E-state index contributed by atoms with van der Waals surface area (Å²) in [4.78, 5) is 71.8. The molecule has 0 bridgehead atoms. The lowest BCUT2D eigenvalue weighted by Crippen LogP contribution is -2.58. The standard InChI is InChI=1S/C24H34N4O9/c1-13(2)20(23(35)27-17(24(36)37)12-14-6-4-3-5-7-14)28-22(34)16(9-11-19(31)32)26-21(33)15(25)8-10-18(29)30/h3-7,13,15-17,20H,8-12,25H2,1-2H3,(H,26,33)(H,27,35)(H,28,34)(H,29,30)(H,31,32)(H,36,37). The van der Waals surface area contributed by atoms with Crippen molar-refractivity contribution in [2.75, 3.05) is 0 Å². The number of carbonyl (C=O) groups is 6. The van der Waals surface area contributed by atoms with Gasteiger partial charge in [0.15, 0.2) is 0 Å². The van der Waals surface area contributed by atoms with E-state index in [4.69, 9.17) is 15.9 Å². The van der Waals surface area contributed by atoms with Crippen LogP contribution in [0.15, 0.2) is 30.3 Å². The lowest BCUT2D eigenvalue weighted by atomic mass is 10.00. The Labute approximate surface area is 213 Å². The van der Waals surface area contributed by atoms with Crippen molar-refractivity contribution < 1.29 is 44.1 Å². The van der Waals surface area contributed by atoms with Gasteiger partial charge in [-0.2, -0.15) is 0 Å². The molecule has 0 radical (unpaired) electrons. The van der Waals surface area contributed by atoms with E-state index >= 15 is 0 Å². The molecule has 0 aliphatic rings. The number of nitrogens with two attached hydrogens (primary N) is 1. The molecule has 13 nitrogen and oxygen atoms in total. The largest absolute Gasteiger partial charge is 0.481 e. The summed E-state index contributed by atoms with van der Waals surface area (Å²) in [7, 11) is 0. The fourth-order valence-electron chi connectivity index (χ4n) is 3.33. The second-order valence-corrected chi connectivity index (χ2v) is 8.85. The summed E-state index contributed by atoms with van der Waals surface area (Å²) in [6.07, 6.45) is -1.39. The summed E-state index contributed by atoms with van der Waals surface area (Å²) >= 11 is 0. The maximum Gasteiger partial charge on any atom is 0.326 e. The van der Waals surface area contributed by atoms with E-state index < -0.39 is 72.1 Å². The van der Waals surface area contributed by atoms with Gasteiger partial charge in [-0.15, -0.1) is 0 Å². The Morgan fingerprint density at radius 3 is 1.81 bits per heavy atom. The zero-order chi connectivity index (χ0) is 28.1. The van der Waals surface area contributed by atoms with Crippen molar-refractivity contribution in [1.82, 2.24) is 16.0 Å². The predicted octanol–water partition coefficient (Wildman–Crippen LogP) is -0.519. The Balaban J connectivity index is 2.97. The van der Waals surface area contributed by atoms with E-state index in [0.717, 1.165) is 0 Å². The second-order valence-electron chi connectivity index (χ2n) is 8.85. The summed E-state index contributed by atoms with van der Waals surface area (Å²) < 4.78 is 0. The minimum Gasteiger partial charge on any atom is -0.481 e. The average molecular weight is 523 g/mol. The number of aliphatic carboxylic acids is 3. The highest BCUT2D eigenvalue weighted by Crippen LogP contribution is 2.09. The quantitative estimate of drug-likeness (QED) is 0.147. The first-order valence-corrected chi connectivity index (χ1v) is 11.7. The van der Waals surface area contributed by atoms with Crippen molar-refractivity contribution in [1.29, 1.82) is 0 Å². The molecule has 204 valence electrons. The van der Waals surface area contributed by atoms with E-state index in [2.05, 4.69) is 16.0 Å². The number of rotatable bonds is 16. The molecule has 0 spiro atoms. The summed E-state index contributed by atoms with van der Waals surface area (Å²) in [6, 6.07) is 3.53. The molecule has 0 heterocycles. The van der Waals surface area contributed by atoms with Gasteiger partial charge >= 0.3 is 17.9 Å². The van der Waals surface area contributed by atoms with E-state index in [1.807, 2.05) is 0 Å². The van der Waals surface area contributed by atoms with Gasteiger partial charge in [-0.05, 0) is 24.3 Å². The fourth-order valence-corrected chi connectivity index (χ4v) is 3.33. The van der Waals surface area contributed by atoms with Crippen LogP contribution >= 0.6 is 0 Å². The molecule has 4 atom stereocenters. The highest BCUT2D eigenvalue weighted by Gasteiger charge is 2.32. The van der Waals surface area contributed by atoms with Crippen molar-refractivity contribution in [2.45, 2.75) is 70.1 Å². The Morgan fingerprint density at radius 1 is 0.757 bits per heavy atom. The molecule has 0 saturated heterocycles. The number of hydrogen-bond acceptors (Lipinski definition) is 7. The first-order valence-electron chi connectivity index (χ1n) is 11.7. The zero-order valence-electron chi connectivity index (χ0n) is 20.7. The van der Waals surface area contributed by atoms with Crippen LogP contribution in [0, 0.1) is 5.92 Å². The monoisotopic (exact) mass is 522 g/mol. The molecule has 3 amide bonds. The number of nitrogens with one attached hydrogen (secondary N) is 3. The molecule has 37 heavy (non-hydrogen) atoms. The first kappa shape index (κ1) is 31.0. The van der Waals surface area contributed by atoms with Crippen LogP contribution in [0.4, 0.5) is 0 Å². The Morgan fingerprint density at radius 2 is 1.30 bits per heavy atom. The van der Waals surface area contributed by atoms with Crippen LogP contribution in [0.1, 0.15) is 45.1 Å². The maximum absolute atomic E-state index is 13.0. The molecule has 1 aromatic rings. The van der Waals surface area contributed by atoms with Gasteiger partial charge in [0.1, 0.15) is 18.1 Å². The van der Waals surface area contributed by atoms with Gasteiger partial charge in [0, 0.05) is 19.3 Å². The van der Waals surface area contributed by atoms with Crippen LogP contribution in [-0.2, 0) is 35.2 Å². The van der Waals surface area contributed by atoms with Crippen molar-refractivity contribution in [2.24, 2.45) is 11.7 Å². The highest BCUT2D eigenvalue weighted by atomic mass is 16.4. The van der Waals surface area contributed by atoms with E-state index in [-0.39, 0.29) is 25.7 Å². The van der Waals surface area contributed by atoms with Gasteiger partial charge in [-0.1, -0.05) is 44.2 Å². The summed E-state index contributed by atoms with van der Waals surface area (Å²) in [5.74, 6) is -6.66. The van der Waals surface area contributed by atoms with Gasteiger partial charge in [0.05, 0.1) is 6.04 Å². The van der Waals surface area contributed by atoms with Crippen LogP contribution in [0.25, 0.3) is 0 Å². The number of benzene rings is 1. The molecule has 1 aromatic carbocycles. The van der Waals surface area contributed by atoms with Gasteiger partial charge < -0.3 is 37.0 Å². The number of hydrogen-bond donors (Lipinski definition) is 7. The van der Waals surface area contributed by atoms with Crippen molar-refractivity contribution in [3.05, 3.63) is 35.9 Å². The third-order valence-corrected chi connectivity index (χ3v) is 5.43. The first-order chi connectivity index (χ1) is 17.3. The number of carboxylic acids is 3. The number of amides is 3. The van der Waals surface area contributed by atoms with Gasteiger partial charge in [-0.25, -0.2) is 4.79 Å². The number of carboxylic acid groups (broad SMARTS) is 3. The van der Waals surface area contributed by atoms with Gasteiger partial charge in [0.2, 0.25) is 17.7 Å². The van der Waals surface area contributed by atoms with Crippen molar-refractivity contribution in [3.8, 4) is 0 Å². The lowest BCUT2D eigenvalue weighted by molar-refractivity contribution is -0.142. The normalized spacial score (nSPS) is 14.1. The molecular formula is C24H34N4O9. The topological polar surface area (TPSA) is 225 Å². The average Bonchev–Trinajstić information content (AvgIpc) is 2.82. The highest BCUT2D eigenvalue weighted by molar-refractivity contribution is 5.94. The fraction of sp³-hybridized carbons (Fsp3) is 0.500. The Hall–Kier alpha value is -4.00. The number of carbonyl (C=O) groups excluding carboxylic acids is 3. The SMILES string of the molecule is CC(C)C(NC(=O)C(CCC(=O)O)NC(=O)C(N)CCC(=O)O)C(=O)NC(Cc1ccccc1)C(=O)O. The van der Waals surface area contributed by atoms with Crippen LogP contribution < -0.4 is 21.7 Å². The molecule has 0 aliphatic carbocycles. The molecule has 1 rings (SSSR count). The van der Waals surface area contributed by atoms with Gasteiger partial charge in [0.25, 0.3) is 0 Å². The zero-order valence-corrected chi connectivity index (χ0v) is 20.7. The van der Waals surface area contributed by atoms with E-state index in [0.29, 0.717) is 5.56 Å². The Bertz CT molecular complexity index is 968. The third-order valence-electron chi connectivity index (χ3n) is 5.43. The molecular weight excluding hydrogens is 488 g/mol. The Kier molecular flexibility index (Phi) is 12.7. The third kappa shape index (κ3) is 11.5. The smallest absolute Gasteiger partial charge is 0.326 e. The molecule has 0 fully saturated rings. The van der Waals surface area contributed by atoms with E-state index in [1.165, 1.54) is 0 Å². The van der Waals surface area contributed by atoms with Crippen LogP contribution in [-0.4, -0.2) is 75.1 Å². The molecule has 0 aliphatic heterocycles. The molecule has 8 N–H and O–H groups in total. The molecule has 0 saturated carbocycles. The second kappa shape index (κ2) is 15.2. The minimum atomic E-state index is -1.38. The molecule has 0 aromatic heterocycles. The van der Waals surface area contributed by atoms with Gasteiger partial charge in [-0.3, -0.25) is 24.0 Å². The van der Waals surface area contributed by atoms with Crippen molar-refractivity contribution >= 4 is 35.6 Å². The lowest BCUT2D eigenvalue weighted by Gasteiger charge is -2.27. The van der Waals surface area contributed by atoms with Crippen LogP contribution in [0.3, 0.4) is 0 Å². The maximum atomic E-state index is 13.0.